The molecule has 1 amide bonds. The zero-order valence-corrected chi connectivity index (χ0v) is 12.7. The van der Waals surface area contributed by atoms with Crippen molar-refractivity contribution in [2.45, 2.75) is 37.0 Å². The summed E-state index contributed by atoms with van der Waals surface area (Å²) in [6.45, 7) is 0. The normalized spacial score (nSPS) is 25.2. The number of carbonyl (C=O) groups is 1. The number of thioether (sulfide) groups is 1. The predicted molar refractivity (Wildman–Crippen MR) is 80.9 cm³/mol. The second-order valence-corrected chi connectivity index (χ2v) is 6.66. The van der Waals surface area contributed by atoms with Gasteiger partial charge in [-0.25, -0.2) is 4.39 Å². The van der Waals surface area contributed by atoms with Crippen molar-refractivity contribution in [3.63, 3.8) is 0 Å². The first-order valence-electron chi connectivity index (χ1n) is 7.14. The van der Waals surface area contributed by atoms with Crippen LogP contribution in [0.15, 0.2) is 29.2 Å². The van der Waals surface area contributed by atoms with Crippen molar-refractivity contribution in [3.05, 3.63) is 30.1 Å². The number of benzene rings is 1. The average Bonchev–Trinajstić information content (AvgIpc) is 2.48. The van der Waals surface area contributed by atoms with E-state index < -0.39 is 5.41 Å². The van der Waals surface area contributed by atoms with Gasteiger partial charge in [0.2, 0.25) is 5.91 Å². The number of nitrogens with two attached hydrogens (primary N) is 1. The zero-order chi connectivity index (χ0) is 15.3. The number of rotatable bonds is 5. The van der Waals surface area contributed by atoms with E-state index in [1.807, 2.05) is 0 Å². The number of carbonyl (C=O) groups excluding carboxylic acids is 1. The summed E-state index contributed by atoms with van der Waals surface area (Å²) in [5.74, 6) is 0.232. The van der Waals surface area contributed by atoms with Crippen LogP contribution in [-0.4, -0.2) is 11.7 Å². The van der Waals surface area contributed by atoms with Gasteiger partial charge in [0.25, 0.3) is 0 Å². The highest BCUT2D eigenvalue weighted by atomic mass is 32.2. The fraction of sp³-hybridized carbons (Fsp3) is 0.500. The molecule has 2 N–H and O–H groups in total. The first kappa shape index (κ1) is 15.8. The molecule has 0 radical (unpaired) electrons. The van der Waals surface area contributed by atoms with Crippen LogP contribution in [0.1, 0.15) is 32.1 Å². The summed E-state index contributed by atoms with van der Waals surface area (Å²) in [5, 5.41) is 9.06. The standard InChI is InChI=1S/C16H19FN2OS/c17-13-4-6-14(7-5-13)21-11-12-3-1-2-8-16(12,9-10-18)15(19)20/h4-7,12H,1-3,8-9,11H2,(H2,19,20). The molecule has 0 spiro atoms. The van der Waals surface area contributed by atoms with Crippen LogP contribution < -0.4 is 5.73 Å². The molecule has 112 valence electrons. The predicted octanol–water partition coefficient (Wildman–Crippen LogP) is 3.49. The monoisotopic (exact) mass is 306 g/mol. The molecule has 0 heterocycles. The Labute approximate surface area is 128 Å². The Bertz CT molecular complexity index is 540. The van der Waals surface area contributed by atoms with Gasteiger partial charge in [-0.1, -0.05) is 12.8 Å². The van der Waals surface area contributed by atoms with E-state index in [2.05, 4.69) is 6.07 Å². The van der Waals surface area contributed by atoms with Gasteiger partial charge in [0.05, 0.1) is 11.5 Å². The van der Waals surface area contributed by atoms with Gasteiger partial charge < -0.3 is 5.73 Å². The quantitative estimate of drug-likeness (QED) is 0.847. The lowest BCUT2D eigenvalue weighted by molar-refractivity contribution is -0.132. The molecular weight excluding hydrogens is 287 g/mol. The molecule has 1 aliphatic rings. The van der Waals surface area contributed by atoms with Gasteiger partial charge in [0.15, 0.2) is 0 Å². The molecule has 3 nitrogen and oxygen atoms in total. The van der Waals surface area contributed by atoms with E-state index in [0.29, 0.717) is 6.42 Å². The largest absolute Gasteiger partial charge is 0.369 e. The molecule has 0 aromatic heterocycles. The minimum absolute atomic E-state index is 0.110. The number of nitriles is 1. The van der Waals surface area contributed by atoms with E-state index in [1.165, 1.54) is 12.1 Å². The second kappa shape index (κ2) is 6.95. The Balaban J connectivity index is 2.09. The molecule has 2 atom stereocenters. The van der Waals surface area contributed by atoms with Crippen LogP contribution in [0, 0.1) is 28.5 Å². The molecule has 2 rings (SSSR count). The van der Waals surface area contributed by atoms with Gasteiger partial charge >= 0.3 is 0 Å². The molecule has 1 saturated carbocycles. The maximum absolute atomic E-state index is 12.9. The van der Waals surface area contributed by atoms with Crippen molar-refractivity contribution in [2.75, 3.05) is 5.75 Å². The van der Waals surface area contributed by atoms with Crippen LogP contribution in [0.3, 0.4) is 0 Å². The molecule has 1 aromatic carbocycles. The molecule has 0 bridgehead atoms. The van der Waals surface area contributed by atoms with Crippen LogP contribution in [0.25, 0.3) is 0 Å². The Morgan fingerprint density at radius 1 is 1.43 bits per heavy atom. The summed E-state index contributed by atoms with van der Waals surface area (Å²) < 4.78 is 12.9. The van der Waals surface area contributed by atoms with Gasteiger partial charge in [-0.2, -0.15) is 5.26 Å². The van der Waals surface area contributed by atoms with Crippen LogP contribution in [0.5, 0.6) is 0 Å². The molecule has 1 aromatic rings. The fourth-order valence-electron chi connectivity index (χ4n) is 3.07. The molecule has 5 heteroatoms. The summed E-state index contributed by atoms with van der Waals surface area (Å²) in [7, 11) is 0. The Hall–Kier alpha value is -1.54. The van der Waals surface area contributed by atoms with Crippen molar-refractivity contribution in [1.82, 2.24) is 0 Å². The van der Waals surface area contributed by atoms with Gasteiger partial charge in [0, 0.05) is 17.1 Å². The first-order chi connectivity index (χ1) is 10.1. The third-order valence-electron chi connectivity index (χ3n) is 4.36. The number of amides is 1. The summed E-state index contributed by atoms with van der Waals surface area (Å²) in [6, 6.07) is 8.47. The summed E-state index contributed by atoms with van der Waals surface area (Å²) in [4.78, 5) is 12.9. The van der Waals surface area contributed by atoms with Crippen LogP contribution in [0.2, 0.25) is 0 Å². The van der Waals surface area contributed by atoms with E-state index in [1.54, 1.807) is 23.9 Å². The lowest BCUT2D eigenvalue weighted by atomic mass is 9.65. The highest BCUT2D eigenvalue weighted by Crippen LogP contribution is 2.45. The summed E-state index contributed by atoms with van der Waals surface area (Å²) in [6.07, 6.45) is 3.82. The van der Waals surface area contributed by atoms with Crippen molar-refractivity contribution < 1.29 is 9.18 Å². The third kappa shape index (κ3) is 3.56. The molecule has 1 aliphatic carbocycles. The van der Waals surface area contributed by atoms with Crippen molar-refractivity contribution in [2.24, 2.45) is 17.1 Å². The summed E-state index contributed by atoms with van der Waals surface area (Å²) >= 11 is 1.60. The van der Waals surface area contributed by atoms with Gasteiger partial charge in [0.1, 0.15) is 5.82 Å². The number of hydrogen-bond donors (Lipinski definition) is 1. The minimum atomic E-state index is -0.694. The second-order valence-electron chi connectivity index (χ2n) is 5.56. The van der Waals surface area contributed by atoms with E-state index >= 15 is 0 Å². The van der Waals surface area contributed by atoms with Crippen molar-refractivity contribution in [3.8, 4) is 6.07 Å². The maximum atomic E-state index is 12.9. The van der Waals surface area contributed by atoms with E-state index in [-0.39, 0.29) is 24.1 Å². The number of primary amides is 1. The first-order valence-corrected chi connectivity index (χ1v) is 8.12. The van der Waals surface area contributed by atoms with Crippen molar-refractivity contribution >= 4 is 17.7 Å². The van der Waals surface area contributed by atoms with Gasteiger partial charge in [-0.05, 0) is 43.0 Å². The van der Waals surface area contributed by atoms with E-state index in [0.717, 1.165) is 29.9 Å². The highest BCUT2D eigenvalue weighted by molar-refractivity contribution is 7.99. The Kier molecular flexibility index (Phi) is 5.24. The van der Waals surface area contributed by atoms with Gasteiger partial charge in [-0.15, -0.1) is 11.8 Å². The van der Waals surface area contributed by atoms with E-state index in [4.69, 9.17) is 11.0 Å². The van der Waals surface area contributed by atoms with Crippen LogP contribution in [-0.2, 0) is 4.79 Å². The van der Waals surface area contributed by atoms with Crippen LogP contribution in [0.4, 0.5) is 4.39 Å². The minimum Gasteiger partial charge on any atom is -0.369 e. The lowest BCUT2D eigenvalue weighted by Gasteiger charge is -2.40. The number of nitrogens with zero attached hydrogens (tertiary/aromatic N) is 1. The number of hydrogen-bond acceptors (Lipinski definition) is 3. The molecule has 0 saturated heterocycles. The Morgan fingerprint density at radius 3 is 2.76 bits per heavy atom. The molecule has 1 fully saturated rings. The van der Waals surface area contributed by atoms with Crippen LogP contribution >= 0.6 is 11.8 Å². The molecule has 0 aliphatic heterocycles. The molecular formula is C16H19FN2OS. The topological polar surface area (TPSA) is 66.9 Å². The highest BCUT2D eigenvalue weighted by Gasteiger charge is 2.45. The third-order valence-corrected chi connectivity index (χ3v) is 5.53. The zero-order valence-electron chi connectivity index (χ0n) is 11.8. The SMILES string of the molecule is N#CCC1(C(N)=O)CCCCC1CSc1ccc(F)cc1. The molecule has 2 unspecified atom stereocenters. The van der Waals surface area contributed by atoms with Gasteiger partial charge in [-0.3, -0.25) is 4.79 Å². The average molecular weight is 306 g/mol. The smallest absolute Gasteiger partial charge is 0.224 e. The summed E-state index contributed by atoms with van der Waals surface area (Å²) in [5.41, 5.74) is 4.92. The number of halogens is 1. The molecule has 21 heavy (non-hydrogen) atoms. The fourth-order valence-corrected chi connectivity index (χ4v) is 4.28. The van der Waals surface area contributed by atoms with E-state index in [9.17, 15) is 9.18 Å². The van der Waals surface area contributed by atoms with Crippen molar-refractivity contribution in [1.29, 1.82) is 5.26 Å². The maximum Gasteiger partial charge on any atom is 0.224 e. The Morgan fingerprint density at radius 2 is 2.14 bits per heavy atom. The lowest BCUT2D eigenvalue weighted by Crippen LogP contribution is -2.46.